The highest BCUT2D eigenvalue weighted by atomic mass is 14.9. The standard InChI is InChI=1S/C22H36N4/c1-15-13-16(2)24-21-11-7-8-12-22(21)26-18(4)14-17(3)25-20-10-6-5-9-19(20)23-15/h19-22H,5-14H2,1-4H3. The Balaban J connectivity index is 1.91. The Kier molecular flexibility index (Phi) is 6.77. The lowest BCUT2D eigenvalue weighted by Gasteiger charge is -2.29. The number of hydrogen-bond acceptors (Lipinski definition) is 4. The second-order valence-corrected chi connectivity index (χ2v) is 8.65. The van der Waals surface area contributed by atoms with Crippen LogP contribution < -0.4 is 0 Å². The monoisotopic (exact) mass is 356 g/mol. The summed E-state index contributed by atoms with van der Waals surface area (Å²) in [4.78, 5) is 20.4. The number of hydrogen-bond donors (Lipinski definition) is 0. The number of rotatable bonds is 0. The Bertz CT molecular complexity index is 508. The molecule has 0 N–H and O–H groups in total. The average Bonchev–Trinajstić information content (AvgIpc) is 2.57. The molecule has 0 aromatic carbocycles. The molecule has 2 aliphatic carbocycles. The highest BCUT2D eigenvalue weighted by molar-refractivity contribution is 6.03. The molecule has 0 amide bonds. The Morgan fingerprint density at radius 1 is 0.462 bits per heavy atom. The Labute approximate surface area is 159 Å². The second-order valence-electron chi connectivity index (χ2n) is 8.65. The van der Waals surface area contributed by atoms with E-state index in [1.807, 2.05) is 0 Å². The van der Waals surface area contributed by atoms with Gasteiger partial charge in [0.25, 0.3) is 0 Å². The summed E-state index contributed by atoms with van der Waals surface area (Å²) in [6, 6.07) is 1.42. The van der Waals surface area contributed by atoms with Crippen LogP contribution in [0, 0.1) is 0 Å². The van der Waals surface area contributed by atoms with Crippen LogP contribution in [0.2, 0.25) is 0 Å². The molecule has 4 nitrogen and oxygen atoms in total. The molecule has 1 heterocycles. The quantitative estimate of drug-likeness (QED) is 0.569. The summed E-state index contributed by atoms with van der Waals surface area (Å²) in [5.74, 6) is 0. The van der Waals surface area contributed by atoms with E-state index in [1.54, 1.807) is 0 Å². The first kappa shape index (κ1) is 19.4. The topological polar surface area (TPSA) is 49.4 Å². The van der Waals surface area contributed by atoms with E-state index in [2.05, 4.69) is 27.7 Å². The fourth-order valence-corrected chi connectivity index (χ4v) is 4.84. The Morgan fingerprint density at radius 2 is 0.692 bits per heavy atom. The van der Waals surface area contributed by atoms with Crippen LogP contribution in [0.15, 0.2) is 20.0 Å². The summed E-state index contributed by atoms with van der Waals surface area (Å²) < 4.78 is 0. The predicted octanol–water partition coefficient (Wildman–Crippen LogP) is 5.25. The van der Waals surface area contributed by atoms with Crippen LogP contribution in [0.3, 0.4) is 0 Å². The van der Waals surface area contributed by atoms with Gasteiger partial charge in [0, 0.05) is 35.7 Å². The molecule has 3 aliphatic rings. The van der Waals surface area contributed by atoms with Crippen LogP contribution in [0.5, 0.6) is 0 Å². The molecule has 0 spiro atoms. The summed E-state index contributed by atoms with van der Waals surface area (Å²) in [7, 11) is 0. The normalized spacial score (nSPS) is 34.3. The van der Waals surface area contributed by atoms with Gasteiger partial charge in [0.1, 0.15) is 0 Å². The minimum absolute atomic E-state index is 0.356. The van der Waals surface area contributed by atoms with Crippen LogP contribution in [0.1, 0.15) is 91.9 Å². The molecule has 4 atom stereocenters. The zero-order valence-corrected chi connectivity index (χ0v) is 17.2. The van der Waals surface area contributed by atoms with Gasteiger partial charge in [-0.2, -0.15) is 0 Å². The molecule has 0 aromatic heterocycles. The highest BCUT2D eigenvalue weighted by Crippen LogP contribution is 2.27. The molecule has 2 fully saturated rings. The summed E-state index contributed by atoms with van der Waals surface area (Å²) in [5, 5.41) is 0. The lowest BCUT2D eigenvalue weighted by atomic mass is 9.90. The van der Waals surface area contributed by atoms with Gasteiger partial charge >= 0.3 is 0 Å². The Hall–Kier alpha value is -1.32. The van der Waals surface area contributed by atoms with Gasteiger partial charge in [-0.3, -0.25) is 20.0 Å². The molecular weight excluding hydrogens is 320 g/mol. The second kappa shape index (κ2) is 9.05. The molecule has 144 valence electrons. The van der Waals surface area contributed by atoms with E-state index in [0.29, 0.717) is 24.2 Å². The molecular formula is C22H36N4. The van der Waals surface area contributed by atoms with Crippen LogP contribution in [-0.2, 0) is 0 Å². The molecule has 3 rings (SSSR count). The van der Waals surface area contributed by atoms with Crippen LogP contribution >= 0.6 is 0 Å². The van der Waals surface area contributed by atoms with Crippen molar-refractivity contribution in [3.8, 4) is 0 Å². The van der Waals surface area contributed by atoms with Crippen LogP contribution in [-0.4, -0.2) is 47.0 Å². The van der Waals surface area contributed by atoms with Crippen molar-refractivity contribution in [2.75, 3.05) is 0 Å². The van der Waals surface area contributed by atoms with Crippen molar-refractivity contribution in [1.29, 1.82) is 0 Å². The zero-order valence-electron chi connectivity index (χ0n) is 17.2. The van der Waals surface area contributed by atoms with Gasteiger partial charge in [-0.1, -0.05) is 25.7 Å². The first-order valence-corrected chi connectivity index (χ1v) is 10.6. The van der Waals surface area contributed by atoms with Crippen molar-refractivity contribution in [2.45, 2.75) is 116 Å². The van der Waals surface area contributed by atoms with Crippen LogP contribution in [0.25, 0.3) is 0 Å². The van der Waals surface area contributed by atoms with Crippen molar-refractivity contribution in [3.05, 3.63) is 0 Å². The van der Waals surface area contributed by atoms with Gasteiger partial charge in [-0.05, 0) is 53.4 Å². The highest BCUT2D eigenvalue weighted by Gasteiger charge is 2.26. The lowest BCUT2D eigenvalue weighted by molar-refractivity contribution is 0.386. The van der Waals surface area contributed by atoms with Gasteiger partial charge in [0.2, 0.25) is 0 Å². The third kappa shape index (κ3) is 5.34. The van der Waals surface area contributed by atoms with Crippen molar-refractivity contribution < 1.29 is 0 Å². The smallest absolute Gasteiger partial charge is 0.0722 e. The first-order chi connectivity index (χ1) is 12.5. The number of nitrogens with zero attached hydrogens (tertiary/aromatic N) is 4. The molecule has 0 bridgehead atoms. The zero-order chi connectivity index (χ0) is 18.5. The molecule has 0 aromatic rings. The molecule has 0 radical (unpaired) electrons. The maximum atomic E-state index is 5.09. The van der Waals surface area contributed by atoms with E-state index < -0.39 is 0 Å². The van der Waals surface area contributed by atoms with E-state index in [4.69, 9.17) is 20.0 Å². The number of aliphatic imine (C=N–C) groups is 4. The van der Waals surface area contributed by atoms with E-state index >= 15 is 0 Å². The summed E-state index contributed by atoms with van der Waals surface area (Å²) >= 11 is 0. The molecule has 4 heteroatoms. The van der Waals surface area contributed by atoms with Crippen molar-refractivity contribution in [2.24, 2.45) is 20.0 Å². The third-order valence-electron chi connectivity index (χ3n) is 5.96. The SMILES string of the molecule is CC1=NC2CCCCC2N=C(C)CC(C)=NC2CCCCC2N=C(C)C1. The van der Waals surface area contributed by atoms with E-state index in [9.17, 15) is 0 Å². The maximum absolute atomic E-state index is 5.09. The molecule has 2 saturated carbocycles. The Morgan fingerprint density at radius 3 is 0.923 bits per heavy atom. The maximum Gasteiger partial charge on any atom is 0.0722 e. The van der Waals surface area contributed by atoms with Crippen molar-refractivity contribution in [1.82, 2.24) is 0 Å². The largest absolute Gasteiger partial charge is 0.288 e. The minimum atomic E-state index is 0.356. The summed E-state index contributed by atoms with van der Waals surface area (Å²) in [6.07, 6.45) is 11.6. The van der Waals surface area contributed by atoms with Gasteiger partial charge in [0.05, 0.1) is 24.2 Å². The van der Waals surface area contributed by atoms with E-state index in [1.165, 1.54) is 74.2 Å². The fraction of sp³-hybridized carbons (Fsp3) is 0.818. The lowest BCUT2D eigenvalue weighted by Crippen LogP contribution is -2.31. The fourth-order valence-electron chi connectivity index (χ4n) is 4.84. The number of fused-ring (bicyclic) bond motifs is 2. The molecule has 1 aliphatic heterocycles. The third-order valence-corrected chi connectivity index (χ3v) is 5.96. The average molecular weight is 357 g/mol. The van der Waals surface area contributed by atoms with Gasteiger partial charge < -0.3 is 0 Å². The van der Waals surface area contributed by atoms with E-state index in [0.717, 1.165) is 12.8 Å². The summed E-state index contributed by atoms with van der Waals surface area (Å²) in [6.45, 7) is 8.70. The summed E-state index contributed by atoms with van der Waals surface area (Å²) in [5.41, 5.74) is 4.89. The van der Waals surface area contributed by atoms with Crippen molar-refractivity contribution >= 4 is 22.8 Å². The predicted molar refractivity (Wildman–Crippen MR) is 114 cm³/mol. The molecule has 26 heavy (non-hydrogen) atoms. The van der Waals surface area contributed by atoms with Gasteiger partial charge in [-0.15, -0.1) is 0 Å². The molecule has 0 saturated heterocycles. The van der Waals surface area contributed by atoms with E-state index in [-0.39, 0.29) is 0 Å². The van der Waals surface area contributed by atoms with Gasteiger partial charge in [-0.25, -0.2) is 0 Å². The van der Waals surface area contributed by atoms with Crippen molar-refractivity contribution in [3.63, 3.8) is 0 Å². The first-order valence-electron chi connectivity index (χ1n) is 10.6. The molecule has 4 unspecified atom stereocenters. The van der Waals surface area contributed by atoms with Crippen LogP contribution in [0.4, 0.5) is 0 Å². The van der Waals surface area contributed by atoms with Gasteiger partial charge in [0.15, 0.2) is 0 Å². The minimum Gasteiger partial charge on any atom is -0.288 e.